The van der Waals surface area contributed by atoms with Crippen molar-refractivity contribution in [2.75, 3.05) is 18.8 Å². The second kappa shape index (κ2) is 4.23. The van der Waals surface area contributed by atoms with Crippen LogP contribution in [0, 0.1) is 12.8 Å². The maximum absolute atomic E-state index is 5.85. The van der Waals surface area contributed by atoms with E-state index in [-0.39, 0.29) is 0 Å². The highest BCUT2D eigenvalue weighted by atomic mass is 14.9. The highest BCUT2D eigenvalue weighted by Crippen LogP contribution is 2.29. The summed E-state index contributed by atoms with van der Waals surface area (Å²) in [6.07, 6.45) is 1.28. The molecule has 1 heterocycles. The number of rotatable bonds is 1. The molecule has 2 nitrogen and oxygen atoms in total. The van der Waals surface area contributed by atoms with E-state index < -0.39 is 0 Å². The molecule has 1 aromatic rings. The van der Waals surface area contributed by atoms with Gasteiger partial charge in [-0.25, -0.2) is 0 Å². The van der Waals surface area contributed by atoms with Gasteiger partial charge in [0, 0.05) is 12.2 Å². The topological polar surface area (TPSA) is 38.0 Å². The second-order valence-electron chi connectivity index (χ2n) is 4.81. The molecule has 3 N–H and O–H groups in total. The molecule has 1 aliphatic rings. The first-order valence-corrected chi connectivity index (χ1v) is 5.73. The van der Waals surface area contributed by atoms with Crippen LogP contribution in [0.1, 0.15) is 30.4 Å². The summed E-state index contributed by atoms with van der Waals surface area (Å²) < 4.78 is 0. The van der Waals surface area contributed by atoms with E-state index in [1.165, 1.54) is 17.5 Å². The van der Waals surface area contributed by atoms with Crippen molar-refractivity contribution < 1.29 is 0 Å². The van der Waals surface area contributed by atoms with Crippen molar-refractivity contribution in [3.05, 3.63) is 29.3 Å². The van der Waals surface area contributed by atoms with Crippen LogP contribution < -0.4 is 11.1 Å². The Morgan fingerprint density at radius 3 is 2.87 bits per heavy atom. The molecule has 1 aliphatic heterocycles. The van der Waals surface area contributed by atoms with Crippen LogP contribution in [-0.4, -0.2) is 13.1 Å². The standard InChI is InChI=1S/C13H20N2/c1-9-5-11(8-15-7-9)13-6-12(14)4-3-10(13)2/h3-4,6,9,11,15H,5,7-8,14H2,1-2H3. The number of aryl methyl sites for hydroxylation is 1. The lowest BCUT2D eigenvalue weighted by Gasteiger charge is -2.29. The summed E-state index contributed by atoms with van der Waals surface area (Å²) in [5, 5.41) is 3.49. The van der Waals surface area contributed by atoms with Crippen molar-refractivity contribution >= 4 is 5.69 Å². The Bertz CT molecular complexity index is 346. The van der Waals surface area contributed by atoms with E-state index in [1.54, 1.807) is 0 Å². The molecule has 0 saturated carbocycles. The van der Waals surface area contributed by atoms with Crippen molar-refractivity contribution in [3.8, 4) is 0 Å². The molecule has 1 aromatic carbocycles. The SMILES string of the molecule is Cc1ccc(N)cc1C1CNCC(C)C1. The van der Waals surface area contributed by atoms with Gasteiger partial charge in [-0.05, 0) is 55.0 Å². The summed E-state index contributed by atoms with van der Waals surface area (Å²) in [6, 6.07) is 6.25. The van der Waals surface area contributed by atoms with E-state index >= 15 is 0 Å². The number of nitrogen functional groups attached to an aromatic ring is 1. The first-order valence-electron chi connectivity index (χ1n) is 5.73. The minimum Gasteiger partial charge on any atom is -0.399 e. The van der Waals surface area contributed by atoms with Gasteiger partial charge >= 0.3 is 0 Å². The van der Waals surface area contributed by atoms with Crippen LogP contribution in [0.4, 0.5) is 5.69 Å². The van der Waals surface area contributed by atoms with Crippen molar-refractivity contribution in [2.45, 2.75) is 26.2 Å². The molecule has 1 fully saturated rings. The fraction of sp³-hybridized carbons (Fsp3) is 0.538. The Morgan fingerprint density at radius 2 is 2.13 bits per heavy atom. The fourth-order valence-electron chi connectivity index (χ4n) is 2.49. The Balaban J connectivity index is 2.24. The van der Waals surface area contributed by atoms with Crippen LogP contribution in [0.15, 0.2) is 18.2 Å². The zero-order valence-corrected chi connectivity index (χ0v) is 9.59. The van der Waals surface area contributed by atoms with Gasteiger partial charge in [0.25, 0.3) is 0 Å². The van der Waals surface area contributed by atoms with Gasteiger partial charge in [0.05, 0.1) is 0 Å². The third kappa shape index (κ3) is 2.32. The molecule has 0 aromatic heterocycles. The largest absolute Gasteiger partial charge is 0.399 e. The van der Waals surface area contributed by atoms with E-state index in [9.17, 15) is 0 Å². The molecule has 0 spiro atoms. The molecule has 2 heteroatoms. The highest BCUT2D eigenvalue weighted by Gasteiger charge is 2.21. The number of hydrogen-bond acceptors (Lipinski definition) is 2. The highest BCUT2D eigenvalue weighted by molar-refractivity contribution is 5.46. The summed E-state index contributed by atoms with van der Waals surface area (Å²) in [5.74, 6) is 1.40. The van der Waals surface area contributed by atoms with Crippen LogP contribution in [0.25, 0.3) is 0 Å². The van der Waals surface area contributed by atoms with Crippen molar-refractivity contribution in [3.63, 3.8) is 0 Å². The van der Waals surface area contributed by atoms with Crippen LogP contribution >= 0.6 is 0 Å². The minimum absolute atomic E-state index is 0.636. The predicted octanol–water partition coefficient (Wildman–Crippen LogP) is 2.29. The lowest BCUT2D eigenvalue weighted by molar-refractivity contribution is 0.363. The number of benzene rings is 1. The molecule has 0 aliphatic carbocycles. The first kappa shape index (κ1) is 10.5. The summed E-state index contributed by atoms with van der Waals surface area (Å²) >= 11 is 0. The van der Waals surface area contributed by atoms with Crippen LogP contribution in [0.2, 0.25) is 0 Å². The molecule has 0 amide bonds. The third-order valence-corrected chi connectivity index (χ3v) is 3.31. The lowest BCUT2D eigenvalue weighted by atomic mass is 9.84. The molecule has 1 saturated heterocycles. The Kier molecular flexibility index (Phi) is 2.96. The van der Waals surface area contributed by atoms with Crippen molar-refractivity contribution in [2.24, 2.45) is 5.92 Å². The molecule has 82 valence electrons. The van der Waals surface area contributed by atoms with Crippen LogP contribution in [-0.2, 0) is 0 Å². The summed E-state index contributed by atoms with van der Waals surface area (Å²) in [4.78, 5) is 0. The predicted molar refractivity (Wildman–Crippen MR) is 65.0 cm³/mol. The number of anilines is 1. The van der Waals surface area contributed by atoms with Gasteiger partial charge in [-0.1, -0.05) is 13.0 Å². The average Bonchev–Trinajstić information content (AvgIpc) is 2.22. The van der Waals surface area contributed by atoms with Crippen molar-refractivity contribution in [1.29, 1.82) is 0 Å². The van der Waals surface area contributed by atoms with Gasteiger partial charge < -0.3 is 11.1 Å². The lowest BCUT2D eigenvalue weighted by Crippen LogP contribution is -2.34. The summed E-state index contributed by atoms with van der Waals surface area (Å²) in [5.41, 5.74) is 9.52. The number of piperidine rings is 1. The van der Waals surface area contributed by atoms with Gasteiger partial charge in [-0.3, -0.25) is 0 Å². The zero-order chi connectivity index (χ0) is 10.8. The van der Waals surface area contributed by atoms with Gasteiger partial charge in [-0.15, -0.1) is 0 Å². The Hall–Kier alpha value is -1.02. The Morgan fingerprint density at radius 1 is 1.33 bits per heavy atom. The normalized spacial score (nSPS) is 26.5. The molecule has 2 unspecified atom stereocenters. The molecule has 2 rings (SSSR count). The summed E-state index contributed by atoms with van der Waals surface area (Å²) in [6.45, 7) is 6.72. The molecular formula is C13H20N2. The van der Waals surface area contributed by atoms with E-state index in [1.807, 2.05) is 6.07 Å². The number of nitrogens with two attached hydrogens (primary N) is 1. The van der Waals surface area contributed by atoms with Crippen molar-refractivity contribution in [1.82, 2.24) is 5.32 Å². The average molecular weight is 204 g/mol. The minimum atomic E-state index is 0.636. The molecule has 0 bridgehead atoms. The summed E-state index contributed by atoms with van der Waals surface area (Å²) in [7, 11) is 0. The fourth-order valence-corrected chi connectivity index (χ4v) is 2.49. The maximum Gasteiger partial charge on any atom is 0.0317 e. The molecule has 2 atom stereocenters. The van der Waals surface area contributed by atoms with E-state index in [0.29, 0.717) is 5.92 Å². The second-order valence-corrected chi connectivity index (χ2v) is 4.81. The van der Waals surface area contributed by atoms with Crippen LogP contribution in [0.3, 0.4) is 0 Å². The zero-order valence-electron chi connectivity index (χ0n) is 9.59. The first-order chi connectivity index (χ1) is 7.16. The molecule has 0 radical (unpaired) electrons. The van der Waals surface area contributed by atoms with E-state index in [2.05, 4.69) is 31.3 Å². The van der Waals surface area contributed by atoms with Gasteiger partial charge in [0.2, 0.25) is 0 Å². The molecule has 15 heavy (non-hydrogen) atoms. The molecular weight excluding hydrogens is 184 g/mol. The van der Waals surface area contributed by atoms with Gasteiger partial charge in [-0.2, -0.15) is 0 Å². The Labute approximate surface area is 91.9 Å². The van der Waals surface area contributed by atoms with Gasteiger partial charge in [0.1, 0.15) is 0 Å². The quantitative estimate of drug-likeness (QED) is 0.689. The monoisotopic (exact) mass is 204 g/mol. The van der Waals surface area contributed by atoms with E-state index in [0.717, 1.165) is 24.7 Å². The smallest absolute Gasteiger partial charge is 0.0317 e. The number of hydrogen-bond donors (Lipinski definition) is 2. The van der Waals surface area contributed by atoms with E-state index in [4.69, 9.17) is 5.73 Å². The van der Waals surface area contributed by atoms with Crippen LogP contribution in [0.5, 0.6) is 0 Å². The maximum atomic E-state index is 5.85. The third-order valence-electron chi connectivity index (χ3n) is 3.31. The van der Waals surface area contributed by atoms with Gasteiger partial charge in [0.15, 0.2) is 0 Å². The number of nitrogens with one attached hydrogen (secondary N) is 1.